The van der Waals surface area contributed by atoms with Crippen molar-refractivity contribution in [3.05, 3.63) is 38.5 Å². The molecule has 150 valence electrons. The summed E-state index contributed by atoms with van der Waals surface area (Å²) in [5, 5.41) is 3.11. The smallest absolute Gasteiger partial charge is 0.285 e. The molecule has 28 heavy (non-hydrogen) atoms. The molecule has 11 heteroatoms. The van der Waals surface area contributed by atoms with Crippen LogP contribution in [0, 0.1) is 13.8 Å². The van der Waals surface area contributed by atoms with Gasteiger partial charge in [-0.1, -0.05) is 0 Å². The van der Waals surface area contributed by atoms with Crippen LogP contribution in [0.4, 0.5) is 5.13 Å². The third kappa shape index (κ3) is 3.16. The van der Waals surface area contributed by atoms with Crippen LogP contribution in [0.1, 0.15) is 39.6 Å². The Morgan fingerprint density at radius 3 is 2.57 bits per heavy atom. The van der Waals surface area contributed by atoms with Crippen LogP contribution in [0.25, 0.3) is 0 Å². The number of nitrogens with one attached hydrogen (secondary N) is 1. The van der Waals surface area contributed by atoms with Gasteiger partial charge >= 0.3 is 0 Å². The van der Waals surface area contributed by atoms with E-state index >= 15 is 0 Å². The average Bonchev–Trinajstić information content (AvgIpc) is 3.27. The Labute approximate surface area is 166 Å². The first-order chi connectivity index (χ1) is 13.1. The number of aromatic nitrogens is 3. The Kier molecular flexibility index (Phi) is 4.43. The molecule has 2 aromatic heterocycles. The predicted octanol–water partition coefficient (Wildman–Crippen LogP) is 0.876. The van der Waals surface area contributed by atoms with Gasteiger partial charge in [-0.2, -0.15) is 4.98 Å². The van der Waals surface area contributed by atoms with Gasteiger partial charge in [-0.05, 0) is 26.7 Å². The molecule has 0 bridgehead atoms. The van der Waals surface area contributed by atoms with Crippen LogP contribution < -0.4 is 10.9 Å². The maximum Gasteiger partial charge on any atom is 0.285 e. The monoisotopic (exact) mass is 423 g/mol. The molecule has 0 radical (unpaired) electrons. The van der Waals surface area contributed by atoms with E-state index in [0.717, 1.165) is 10.6 Å². The minimum atomic E-state index is -3.29. The molecular formula is C17H21N5O4S2. The summed E-state index contributed by atoms with van der Waals surface area (Å²) < 4.78 is 27.0. The molecule has 0 aliphatic carbocycles. The number of hydrogen-bond donors (Lipinski definition) is 1. The molecule has 0 unspecified atom stereocenters. The van der Waals surface area contributed by atoms with E-state index in [1.54, 1.807) is 4.57 Å². The number of anilines is 1. The van der Waals surface area contributed by atoms with Crippen LogP contribution in [0.15, 0.2) is 11.0 Å². The first-order valence-electron chi connectivity index (χ1n) is 8.91. The van der Waals surface area contributed by atoms with Crippen LogP contribution >= 0.6 is 11.3 Å². The Morgan fingerprint density at radius 2 is 1.96 bits per heavy atom. The van der Waals surface area contributed by atoms with Gasteiger partial charge in [0.1, 0.15) is 11.4 Å². The summed E-state index contributed by atoms with van der Waals surface area (Å²) in [6, 6.07) is 0. The lowest BCUT2D eigenvalue weighted by atomic mass is 9.85. The van der Waals surface area contributed by atoms with E-state index in [0.29, 0.717) is 43.4 Å². The van der Waals surface area contributed by atoms with Gasteiger partial charge in [-0.3, -0.25) is 14.9 Å². The largest absolute Gasteiger partial charge is 0.335 e. The van der Waals surface area contributed by atoms with Crippen LogP contribution in [0.3, 0.4) is 0 Å². The van der Waals surface area contributed by atoms with E-state index in [1.807, 2.05) is 13.8 Å². The Balaban J connectivity index is 1.63. The molecule has 2 aliphatic heterocycles. The molecule has 1 N–H and O–H groups in total. The van der Waals surface area contributed by atoms with Crippen molar-refractivity contribution < 1.29 is 13.2 Å². The van der Waals surface area contributed by atoms with Gasteiger partial charge in [0.05, 0.1) is 11.9 Å². The SMILES string of the molecule is Cc1nc(NC(=O)c2cn3c(nc2=O)[C@@]2(CCN(S(C)(=O)=O)C2)CC3)sc1C. The molecule has 1 spiro atoms. The summed E-state index contributed by atoms with van der Waals surface area (Å²) in [7, 11) is -3.29. The second kappa shape index (κ2) is 6.46. The fraction of sp³-hybridized carbons (Fsp3) is 0.529. The summed E-state index contributed by atoms with van der Waals surface area (Å²) in [4.78, 5) is 34.6. The van der Waals surface area contributed by atoms with Crippen LogP contribution in [0.5, 0.6) is 0 Å². The lowest BCUT2D eigenvalue weighted by molar-refractivity contribution is 0.102. The van der Waals surface area contributed by atoms with Crippen LogP contribution in [0.2, 0.25) is 0 Å². The zero-order valence-corrected chi connectivity index (χ0v) is 17.5. The predicted molar refractivity (Wildman–Crippen MR) is 105 cm³/mol. The van der Waals surface area contributed by atoms with Gasteiger partial charge in [0.2, 0.25) is 10.0 Å². The zero-order chi connectivity index (χ0) is 20.3. The molecule has 2 aromatic rings. The van der Waals surface area contributed by atoms with Crippen LogP contribution in [-0.4, -0.2) is 52.5 Å². The van der Waals surface area contributed by atoms with Crippen molar-refractivity contribution in [3.8, 4) is 0 Å². The molecule has 4 heterocycles. The lowest BCUT2D eigenvalue weighted by Gasteiger charge is -2.22. The minimum absolute atomic E-state index is 0.0377. The first kappa shape index (κ1) is 19.2. The molecule has 1 amide bonds. The van der Waals surface area contributed by atoms with E-state index in [9.17, 15) is 18.0 Å². The molecule has 2 aliphatic rings. The van der Waals surface area contributed by atoms with Gasteiger partial charge < -0.3 is 4.57 Å². The van der Waals surface area contributed by atoms with E-state index in [4.69, 9.17) is 0 Å². The minimum Gasteiger partial charge on any atom is -0.335 e. The number of sulfonamides is 1. The van der Waals surface area contributed by atoms with Gasteiger partial charge in [-0.15, -0.1) is 11.3 Å². The van der Waals surface area contributed by atoms with Crippen molar-refractivity contribution in [3.63, 3.8) is 0 Å². The quantitative estimate of drug-likeness (QED) is 0.784. The molecule has 1 atom stereocenters. The molecular weight excluding hydrogens is 402 g/mol. The van der Waals surface area contributed by atoms with Crippen molar-refractivity contribution in [1.29, 1.82) is 0 Å². The number of carbonyl (C=O) groups excluding carboxylic acids is 1. The third-order valence-corrected chi connectivity index (χ3v) is 7.82. The summed E-state index contributed by atoms with van der Waals surface area (Å²) in [5.41, 5.74) is -0.263. The average molecular weight is 424 g/mol. The fourth-order valence-electron chi connectivity index (χ4n) is 3.88. The van der Waals surface area contributed by atoms with Crippen molar-refractivity contribution >= 4 is 32.4 Å². The molecule has 9 nitrogen and oxygen atoms in total. The van der Waals surface area contributed by atoms with Crippen molar-refractivity contribution in [2.45, 2.75) is 38.6 Å². The standard InChI is InChI=1S/C17H21N5O4S2/c1-10-11(2)27-16(18-10)20-14(24)12-8-21-6-4-17(15(21)19-13(12)23)5-7-22(9-17)28(3,25)26/h8H,4-7,9H2,1-3H3,(H,18,20,24)/t17-/m1/s1. The maximum absolute atomic E-state index is 12.6. The van der Waals surface area contributed by atoms with Crippen molar-refractivity contribution in [2.24, 2.45) is 0 Å². The van der Waals surface area contributed by atoms with E-state index in [2.05, 4.69) is 15.3 Å². The summed E-state index contributed by atoms with van der Waals surface area (Å²) in [5.74, 6) is 0.0350. The highest BCUT2D eigenvalue weighted by Gasteiger charge is 2.48. The molecule has 1 fully saturated rings. The van der Waals surface area contributed by atoms with Gasteiger partial charge in [-0.25, -0.2) is 17.7 Å². The fourth-order valence-corrected chi connectivity index (χ4v) is 5.60. The third-order valence-electron chi connectivity index (χ3n) is 5.58. The Hall–Kier alpha value is -2.11. The van der Waals surface area contributed by atoms with E-state index in [1.165, 1.54) is 28.1 Å². The number of carbonyl (C=O) groups is 1. The highest BCUT2D eigenvalue weighted by atomic mass is 32.2. The van der Waals surface area contributed by atoms with E-state index in [-0.39, 0.29) is 5.56 Å². The Morgan fingerprint density at radius 1 is 1.25 bits per heavy atom. The Bertz CT molecular complexity index is 1120. The number of fused-ring (bicyclic) bond motifs is 2. The second-order valence-corrected chi connectivity index (χ2v) is 10.7. The van der Waals surface area contributed by atoms with Gasteiger partial charge in [0.25, 0.3) is 11.5 Å². The number of rotatable bonds is 3. The summed E-state index contributed by atoms with van der Waals surface area (Å²) >= 11 is 1.35. The lowest BCUT2D eigenvalue weighted by Crippen LogP contribution is -2.35. The molecule has 1 saturated heterocycles. The van der Waals surface area contributed by atoms with Gasteiger partial charge in [0, 0.05) is 36.1 Å². The van der Waals surface area contributed by atoms with Crippen LogP contribution in [-0.2, 0) is 22.0 Å². The second-order valence-electron chi connectivity index (χ2n) is 7.47. The van der Waals surface area contributed by atoms with E-state index < -0.39 is 26.9 Å². The zero-order valence-electron chi connectivity index (χ0n) is 15.9. The first-order valence-corrected chi connectivity index (χ1v) is 11.6. The van der Waals surface area contributed by atoms with Gasteiger partial charge in [0.15, 0.2) is 5.13 Å². The highest BCUT2D eigenvalue weighted by molar-refractivity contribution is 7.88. The van der Waals surface area contributed by atoms with Crippen molar-refractivity contribution in [1.82, 2.24) is 18.8 Å². The summed E-state index contributed by atoms with van der Waals surface area (Å²) in [6.45, 7) is 5.10. The number of amides is 1. The number of hydrogen-bond acceptors (Lipinski definition) is 7. The molecule has 0 saturated carbocycles. The molecule has 4 rings (SSSR count). The molecule has 0 aromatic carbocycles. The normalized spacial score (nSPS) is 22.0. The number of nitrogens with zero attached hydrogens (tertiary/aromatic N) is 4. The number of thiazole rings is 1. The van der Waals surface area contributed by atoms with Crippen molar-refractivity contribution in [2.75, 3.05) is 24.7 Å². The highest BCUT2D eigenvalue weighted by Crippen LogP contribution is 2.41. The maximum atomic E-state index is 12.6. The topological polar surface area (TPSA) is 114 Å². The summed E-state index contributed by atoms with van der Waals surface area (Å²) in [6.07, 6.45) is 4.04. The number of aryl methyl sites for hydroxylation is 3.